The second kappa shape index (κ2) is 7.46. The molecule has 2 saturated heterocycles. The van der Waals surface area contributed by atoms with Crippen molar-refractivity contribution in [2.75, 3.05) is 44.2 Å². The first-order chi connectivity index (χ1) is 11.1. The number of nitrogens with one attached hydrogen (secondary N) is 1. The topological polar surface area (TPSA) is 65.5 Å². The molecule has 23 heavy (non-hydrogen) atoms. The Morgan fingerprint density at radius 1 is 1.00 bits per heavy atom. The lowest BCUT2D eigenvalue weighted by atomic mass is 10.2. The maximum absolute atomic E-state index is 13.2. The van der Waals surface area contributed by atoms with Crippen LogP contribution in [0.4, 0.5) is 5.69 Å². The van der Waals surface area contributed by atoms with Gasteiger partial charge in [0.15, 0.2) is 0 Å². The largest absolute Gasteiger partial charge is 0.367 e. The molecular weight excluding hydrogens is 380 g/mol. The molecule has 0 spiro atoms. The van der Waals surface area contributed by atoms with Gasteiger partial charge in [-0.2, -0.15) is 4.31 Å². The van der Waals surface area contributed by atoms with Gasteiger partial charge in [-0.25, -0.2) is 8.42 Å². The quantitative estimate of drug-likeness (QED) is 0.834. The number of anilines is 1. The van der Waals surface area contributed by atoms with Crippen LogP contribution in [-0.2, 0) is 10.0 Å². The lowest BCUT2D eigenvalue weighted by Gasteiger charge is -2.32. The predicted molar refractivity (Wildman–Crippen MR) is 94.2 cm³/mol. The molecule has 2 aliphatic heterocycles. The van der Waals surface area contributed by atoms with E-state index < -0.39 is 10.0 Å². The Hall–Kier alpha value is -0.700. The van der Waals surface area contributed by atoms with Crippen molar-refractivity contribution in [1.82, 2.24) is 14.6 Å². The molecule has 2 aliphatic rings. The second-order valence-corrected chi connectivity index (χ2v) is 8.78. The van der Waals surface area contributed by atoms with Gasteiger partial charge in [-0.15, -0.1) is 0 Å². The van der Waals surface area contributed by atoms with Crippen molar-refractivity contribution in [2.24, 2.45) is 0 Å². The van der Waals surface area contributed by atoms with E-state index >= 15 is 0 Å². The van der Waals surface area contributed by atoms with E-state index in [4.69, 9.17) is 0 Å². The van der Waals surface area contributed by atoms with Gasteiger partial charge in [0.2, 0.25) is 10.0 Å². The van der Waals surface area contributed by atoms with Crippen molar-refractivity contribution in [1.29, 1.82) is 0 Å². The molecule has 6 nitrogen and oxygen atoms in total. The van der Waals surface area contributed by atoms with Crippen LogP contribution in [0.2, 0.25) is 0 Å². The van der Waals surface area contributed by atoms with Crippen LogP contribution in [0.1, 0.15) is 25.7 Å². The first-order valence-corrected chi connectivity index (χ1v) is 10.4. The molecule has 1 aromatic rings. The molecule has 1 aromatic heterocycles. The Morgan fingerprint density at radius 2 is 1.65 bits per heavy atom. The van der Waals surface area contributed by atoms with Gasteiger partial charge in [0.25, 0.3) is 0 Å². The highest BCUT2D eigenvalue weighted by atomic mass is 79.9. The van der Waals surface area contributed by atoms with E-state index in [0.717, 1.165) is 62.0 Å². The second-order valence-electron chi connectivity index (χ2n) is 6.02. The first kappa shape index (κ1) is 17.1. The number of aromatic nitrogens is 1. The van der Waals surface area contributed by atoms with Gasteiger partial charge in [0.05, 0.1) is 10.2 Å². The minimum Gasteiger partial charge on any atom is -0.367 e. The number of hydrogen-bond acceptors (Lipinski definition) is 5. The Morgan fingerprint density at radius 3 is 2.30 bits per heavy atom. The van der Waals surface area contributed by atoms with E-state index in [0.29, 0.717) is 18.0 Å². The van der Waals surface area contributed by atoms with Crippen molar-refractivity contribution < 1.29 is 8.42 Å². The van der Waals surface area contributed by atoms with Gasteiger partial charge in [-0.3, -0.25) is 4.98 Å². The van der Waals surface area contributed by atoms with Crippen molar-refractivity contribution in [3.8, 4) is 0 Å². The highest BCUT2D eigenvalue weighted by molar-refractivity contribution is 9.10. The van der Waals surface area contributed by atoms with Crippen molar-refractivity contribution >= 4 is 31.6 Å². The van der Waals surface area contributed by atoms with E-state index in [1.807, 2.05) is 0 Å². The molecule has 0 aromatic carbocycles. The van der Waals surface area contributed by atoms with Crippen LogP contribution in [-0.4, -0.2) is 57.0 Å². The maximum atomic E-state index is 13.2. The van der Waals surface area contributed by atoms with Gasteiger partial charge in [0, 0.05) is 51.7 Å². The molecule has 2 fully saturated rings. The summed E-state index contributed by atoms with van der Waals surface area (Å²) in [7, 11) is -3.51. The number of piperazine rings is 1. The molecule has 8 heteroatoms. The molecule has 0 radical (unpaired) electrons. The van der Waals surface area contributed by atoms with Crippen LogP contribution in [0.3, 0.4) is 0 Å². The van der Waals surface area contributed by atoms with E-state index in [1.165, 1.54) is 6.20 Å². The summed E-state index contributed by atoms with van der Waals surface area (Å²) >= 11 is 3.51. The lowest BCUT2D eigenvalue weighted by molar-refractivity contribution is 0.423. The minimum absolute atomic E-state index is 0.329. The summed E-state index contributed by atoms with van der Waals surface area (Å²) in [5.74, 6) is 0. The zero-order chi connectivity index (χ0) is 16.3. The molecular formula is C15H23BrN4O2S. The first-order valence-electron chi connectivity index (χ1n) is 8.20. The van der Waals surface area contributed by atoms with Crippen LogP contribution in [0.5, 0.6) is 0 Å². The normalized spacial score (nSPS) is 21.2. The predicted octanol–water partition coefficient (Wildman–Crippen LogP) is 1.82. The van der Waals surface area contributed by atoms with Crippen LogP contribution in [0, 0.1) is 0 Å². The maximum Gasteiger partial charge on any atom is 0.246 e. The van der Waals surface area contributed by atoms with Crippen LogP contribution in [0.25, 0.3) is 0 Å². The van der Waals surface area contributed by atoms with Crippen LogP contribution >= 0.6 is 15.9 Å². The van der Waals surface area contributed by atoms with Crippen molar-refractivity contribution in [2.45, 2.75) is 30.6 Å². The fraction of sp³-hybridized carbons (Fsp3) is 0.667. The van der Waals surface area contributed by atoms with E-state index in [-0.39, 0.29) is 0 Å². The van der Waals surface area contributed by atoms with Crippen LogP contribution < -0.4 is 10.2 Å². The summed E-state index contributed by atoms with van der Waals surface area (Å²) < 4.78 is 28.7. The number of hydrogen-bond donors (Lipinski definition) is 1. The molecule has 3 heterocycles. The standard InChI is InChI=1S/C15H23BrN4O2S/c16-13-11-18-12-14(15(13)19-9-5-17-6-10-19)23(21,22)20-7-3-1-2-4-8-20/h11-12,17H,1-10H2. The number of halogens is 1. The minimum atomic E-state index is -3.51. The lowest BCUT2D eigenvalue weighted by Crippen LogP contribution is -2.44. The van der Waals surface area contributed by atoms with Gasteiger partial charge in [-0.1, -0.05) is 12.8 Å². The molecule has 0 bridgehead atoms. The molecule has 1 N–H and O–H groups in total. The molecule has 0 unspecified atom stereocenters. The summed E-state index contributed by atoms with van der Waals surface area (Å²) in [5, 5.41) is 3.30. The zero-order valence-electron chi connectivity index (χ0n) is 13.2. The Labute approximate surface area is 146 Å². The van der Waals surface area contributed by atoms with E-state index in [1.54, 1.807) is 10.5 Å². The number of pyridine rings is 1. The average molecular weight is 403 g/mol. The molecule has 128 valence electrons. The third kappa shape index (κ3) is 3.70. The third-order valence-corrected chi connectivity index (χ3v) is 6.94. The van der Waals surface area contributed by atoms with Crippen molar-refractivity contribution in [3.05, 3.63) is 16.9 Å². The number of rotatable bonds is 3. The molecule has 0 amide bonds. The monoisotopic (exact) mass is 402 g/mol. The van der Waals surface area contributed by atoms with E-state index in [9.17, 15) is 8.42 Å². The van der Waals surface area contributed by atoms with Gasteiger partial charge in [-0.05, 0) is 28.8 Å². The molecule has 0 atom stereocenters. The fourth-order valence-electron chi connectivity index (χ4n) is 3.22. The summed E-state index contributed by atoms with van der Waals surface area (Å²) in [4.78, 5) is 6.59. The number of sulfonamides is 1. The SMILES string of the molecule is O=S(=O)(c1cncc(Br)c1N1CCNCC1)N1CCCCCC1. The van der Waals surface area contributed by atoms with Crippen molar-refractivity contribution in [3.63, 3.8) is 0 Å². The smallest absolute Gasteiger partial charge is 0.246 e. The fourth-order valence-corrected chi connectivity index (χ4v) is 5.62. The number of nitrogens with zero attached hydrogens (tertiary/aromatic N) is 3. The van der Waals surface area contributed by atoms with Gasteiger partial charge < -0.3 is 10.2 Å². The van der Waals surface area contributed by atoms with Crippen LogP contribution in [0.15, 0.2) is 21.8 Å². The average Bonchev–Trinajstić information content (AvgIpc) is 2.85. The summed E-state index contributed by atoms with van der Waals surface area (Å²) in [6, 6.07) is 0. The Kier molecular flexibility index (Phi) is 5.56. The molecule has 0 aliphatic carbocycles. The summed E-state index contributed by atoms with van der Waals surface area (Å²) in [6.45, 7) is 4.53. The Balaban J connectivity index is 1.99. The molecule has 0 saturated carbocycles. The highest BCUT2D eigenvalue weighted by Crippen LogP contribution is 2.34. The van der Waals surface area contributed by atoms with E-state index in [2.05, 4.69) is 31.1 Å². The third-order valence-electron chi connectivity index (χ3n) is 4.46. The summed E-state index contributed by atoms with van der Waals surface area (Å²) in [6.07, 6.45) is 7.26. The zero-order valence-corrected chi connectivity index (χ0v) is 15.6. The van der Waals surface area contributed by atoms with Gasteiger partial charge >= 0.3 is 0 Å². The van der Waals surface area contributed by atoms with Gasteiger partial charge in [0.1, 0.15) is 4.90 Å². The Bertz CT molecular complexity index is 639. The molecule has 3 rings (SSSR count). The highest BCUT2D eigenvalue weighted by Gasteiger charge is 2.31. The summed E-state index contributed by atoms with van der Waals surface area (Å²) in [5.41, 5.74) is 0.755.